The molecule has 8 heavy (non-hydrogen) atoms. The van der Waals surface area contributed by atoms with Crippen molar-refractivity contribution in [2.45, 2.75) is 6.92 Å². The molecular formula is C2H7BrNaO3P. The van der Waals surface area contributed by atoms with Crippen LogP contribution in [0.1, 0.15) is 6.92 Å². The van der Waals surface area contributed by atoms with E-state index in [4.69, 9.17) is 14.4 Å². The van der Waals surface area contributed by atoms with Crippen LogP contribution in [0.3, 0.4) is 0 Å². The zero-order valence-corrected chi connectivity index (χ0v) is 9.43. The van der Waals surface area contributed by atoms with Crippen molar-refractivity contribution >= 4 is 24.2 Å². The van der Waals surface area contributed by atoms with E-state index in [0.29, 0.717) is 0 Å². The molecule has 0 aliphatic carbocycles. The normalized spacial score (nSPS) is 10.0. The fraction of sp³-hybridized carbons (Fsp3) is 1.00. The van der Waals surface area contributed by atoms with E-state index < -0.39 is 8.25 Å². The third-order valence-electron chi connectivity index (χ3n) is 0. The Morgan fingerprint density at radius 3 is 1.88 bits per heavy atom. The Morgan fingerprint density at radius 1 is 1.88 bits per heavy atom. The Hall–Kier alpha value is 1.63. The molecule has 0 saturated heterocycles. The minimum absolute atomic E-state index is 0. The van der Waals surface area contributed by atoms with Gasteiger partial charge >= 0.3 is 29.6 Å². The van der Waals surface area contributed by atoms with Crippen LogP contribution in [0, 0.1) is 0 Å². The first-order valence-electron chi connectivity index (χ1n) is 1.61. The summed E-state index contributed by atoms with van der Waals surface area (Å²) in [6.07, 6.45) is 0. The molecule has 0 fully saturated rings. The molecule has 1 unspecified atom stereocenters. The van der Waals surface area contributed by atoms with Crippen molar-refractivity contribution in [1.82, 2.24) is 0 Å². The van der Waals surface area contributed by atoms with E-state index in [-0.39, 0.29) is 29.6 Å². The van der Waals surface area contributed by atoms with Gasteiger partial charge in [0.25, 0.3) is 0 Å². The number of alkyl halides is 1. The molecule has 0 aromatic heterocycles. The van der Waals surface area contributed by atoms with Gasteiger partial charge in [0.1, 0.15) is 8.25 Å². The fourth-order valence-corrected chi connectivity index (χ4v) is 0. The molecule has 0 heterocycles. The van der Waals surface area contributed by atoms with Gasteiger partial charge in [0.2, 0.25) is 0 Å². The first kappa shape index (κ1) is 16.3. The van der Waals surface area contributed by atoms with Gasteiger partial charge in [-0.3, -0.25) is 0 Å². The van der Waals surface area contributed by atoms with Gasteiger partial charge in [0, 0.05) is 5.33 Å². The minimum Gasteiger partial charge on any atom is -0.781 e. The smallest absolute Gasteiger partial charge is 0.781 e. The minimum atomic E-state index is -3.38. The van der Waals surface area contributed by atoms with Crippen molar-refractivity contribution in [3.8, 4) is 0 Å². The average molecular weight is 213 g/mol. The SMILES string of the molecule is CCBr.O=[PH]([O-])O.[Na+]. The van der Waals surface area contributed by atoms with Crippen molar-refractivity contribution < 1.29 is 43.9 Å². The Morgan fingerprint density at radius 2 is 1.88 bits per heavy atom. The maximum Gasteiger partial charge on any atom is 1.00 e. The van der Waals surface area contributed by atoms with E-state index in [0.717, 1.165) is 5.33 Å². The van der Waals surface area contributed by atoms with E-state index in [1.165, 1.54) is 0 Å². The summed E-state index contributed by atoms with van der Waals surface area (Å²) in [5.41, 5.74) is 0. The van der Waals surface area contributed by atoms with Gasteiger partial charge in [-0.1, -0.05) is 22.9 Å². The molecule has 1 atom stereocenters. The third kappa shape index (κ3) is 126. The third-order valence-corrected chi connectivity index (χ3v) is 0. The molecule has 6 heteroatoms. The summed E-state index contributed by atoms with van der Waals surface area (Å²) < 4.78 is 8.63. The second-order valence-corrected chi connectivity index (χ2v) is 2.19. The van der Waals surface area contributed by atoms with Crippen LogP contribution in [0.4, 0.5) is 0 Å². The summed E-state index contributed by atoms with van der Waals surface area (Å²) >= 11 is 3.15. The molecule has 3 nitrogen and oxygen atoms in total. The topological polar surface area (TPSA) is 60.4 Å². The molecule has 0 amide bonds. The van der Waals surface area contributed by atoms with Crippen molar-refractivity contribution in [1.29, 1.82) is 0 Å². The Labute approximate surface area is 79.9 Å². The van der Waals surface area contributed by atoms with E-state index in [9.17, 15) is 0 Å². The molecule has 0 aliphatic rings. The summed E-state index contributed by atoms with van der Waals surface area (Å²) in [5, 5.41) is 1.06. The van der Waals surface area contributed by atoms with Crippen LogP contribution in [-0.2, 0) is 4.57 Å². The second kappa shape index (κ2) is 15.9. The average Bonchev–Trinajstić information content (AvgIpc) is 1.33. The second-order valence-electron chi connectivity index (χ2n) is 0.533. The Balaban J connectivity index is -0.0000000575. The first-order chi connectivity index (χ1) is 3.15. The first-order valence-corrected chi connectivity index (χ1v) is 3.99. The van der Waals surface area contributed by atoms with Gasteiger partial charge in [-0.05, 0) is 0 Å². The largest absolute Gasteiger partial charge is 1.00 e. The van der Waals surface area contributed by atoms with Crippen LogP contribution in [0.2, 0.25) is 0 Å². The maximum absolute atomic E-state index is 8.63. The van der Waals surface area contributed by atoms with Crippen LogP contribution in [0.5, 0.6) is 0 Å². The summed E-state index contributed by atoms with van der Waals surface area (Å²) in [4.78, 5) is 15.7. The van der Waals surface area contributed by atoms with Gasteiger partial charge < -0.3 is 14.4 Å². The predicted octanol–water partition coefficient (Wildman–Crippen LogP) is -2.87. The number of hydrogen-bond acceptors (Lipinski definition) is 2. The maximum atomic E-state index is 8.63. The molecule has 46 valence electrons. The van der Waals surface area contributed by atoms with Crippen LogP contribution in [0.25, 0.3) is 0 Å². The number of hydrogen-bond donors (Lipinski definition) is 1. The number of rotatable bonds is 0. The molecule has 0 aliphatic heterocycles. The van der Waals surface area contributed by atoms with Crippen LogP contribution in [0.15, 0.2) is 0 Å². The quantitative estimate of drug-likeness (QED) is 0.267. The monoisotopic (exact) mass is 212 g/mol. The molecule has 0 radical (unpaired) electrons. The van der Waals surface area contributed by atoms with E-state index in [2.05, 4.69) is 15.9 Å². The molecule has 0 aromatic carbocycles. The molecular weight excluding hydrogens is 206 g/mol. The standard InChI is InChI=1S/C2H5Br.Na.H3O3P/c1-2-3;;1-4(2)3/h2H2,1H3;;4H,(H2,1,2,3)/q;+1;/p-1. The molecule has 0 aromatic rings. The Kier molecular flexibility index (Phi) is 32.3. The fourth-order valence-electron chi connectivity index (χ4n) is 0. The summed E-state index contributed by atoms with van der Waals surface area (Å²) in [5.74, 6) is 0. The summed E-state index contributed by atoms with van der Waals surface area (Å²) in [6.45, 7) is 2.04. The number of halogens is 1. The van der Waals surface area contributed by atoms with Crippen molar-refractivity contribution in [3.63, 3.8) is 0 Å². The molecule has 0 bridgehead atoms. The van der Waals surface area contributed by atoms with Gasteiger partial charge in [0.15, 0.2) is 0 Å². The van der Waals surface area contributed by atoms with E-state index in [1.807, 2.05) is 6.92 Å². The van der Waals surface area contributed by atoms with Crippen molar-refractivity contribution in [2.24, 2.45) is 0 Å². The molecule has 0 spiro atoms. The molecule has 1 N–H and O–H groups in total. The van der Waals surface area contributed by atoms with Gasteiger partial charge in [-0.15, -0.1) is 0 Å². The van der Waals surface area contributed by atoms with Gasteiger partial charge in [0.05, 0.1) is 0 Å². The zero-order chi connectivity index (χ0) is 6.28. The van der Waals surface area contributed by atoms with E-state index >= 15 is 0 Å². The Bertz CT molecular complexity index is 48.5. The van der Waals surface area contributed by atoms with Crippen molar-refractivity contribution in [3.05, 3.63) is 0 Å². The zero-order valence-electron chi connectivity index (χ0n) is 4.85. The van der Waals surface area contributed by atoms with Crippen LogP contribution >= 0.6 is 24.2 Å². The molecule has 0 saturated carbocycles. The molecule has 0 rings (SSSR count). The van der Waals surface area contributed by atoms with Crippen LogP contribution in [-0.4, -0.2) is 10.2 Å². The van der Waals surface area contributed by atoms with Gasteiger partial charge in [-0.2, -0.15) is 0 Å². The van der Waals surface area contributed by atoms with Crippen molar-refractivity contribution in [2.75, 3.05) is 5.33 Å². The van der Waals surface area contributed by atoms with Crippen LogP contribution < -0.4 is 34.5 Å². The predicted molar refractivity (Wildman–Crippen MR) is 30.7 cm³/mol. The summed E-state index contributed by atoms with van der Waals surface area (Å²) in [6, 6.07) is 0. The van der Waals surface area contributed by atoms with Gasteiger partial charge in [-0.25, -0.2) is 0 Å². The summed E-state index contributed by atoms with van der Waals surface area (Å²) in [7, 11) is -3.38. The van der Waals surface area contributed by atoms with E-state index in [1.54, 1.807) is 0 Å².